The molecule has 1 saturated carbocycles. The molecule has 1 aliphatic carbocycles. The molecular formula is C18H33NOS. The van der Waals surface area contributed by atoms with Gasteiger partial charge in [0, 0.05) is 17.9 Å². The minimum Gasteiger partial charge on any atom is -0.375 e. The van der Waals surface area contributed by atoms with Crippen LogP contribution < -0.4 is 5.32 Å². The van der Waals surface area contributed by atoms with Crippen molar-refractivity contribution in [3.63, 3.8) is 0 Å². The maximum Gasteiger partial charge on any atom is 0.0685 e. The van der Waals surface area contributed by atoms with E-state index in [0.717, 1.165) is 30.4 Å². The Hall–Kier alpha value is 0.270. The summed E-state index contributed by atoms with van der Waals surface area (Å²) in [7, 11) is 0. The summed E-state index contributed by atoms with van der Waals surface area (Å²) in [6.45, 7) is 4.40. The summed E-state index contributed by atoms with van der Waals surface area (Å²) >= 11 is 2.24. The molecule has 0 aromatic heterocycles. The molecule has 122 valence electrons. The fraction of sp³-hybridized carbons (Fsp3) is 1.00. The molecule has 2 nitrogen and oxygen atoms in total. The number of nitrogens with one attached hydrogen (secondary N) is 1. The first kappa shape index (κ1) is 16.1. The molecule has 0 aromatic carbocycles. The van der Waals surface area contributed by atoms with E-state index < -0.39 is 0 Å². The second-order valence-corrected chi connectivity index (χ2v) is 8.68. The highest BCUT2D eigenvalue weighted by atomic mass is 32.2. The minimum absolute atomic E-state index is 0.258. The van der Waals surface area contributed by atoms with Crippen molar-refractivity contribution in [2.75, 3.05) is 18.9 Å². The predicted octanol–water partition coefficient (Wildman–Crippen LogP) is 4.38. The zero-order chi connectivity index (χ0) is 14.5. The zero-order valence-electron chi connectivity index (χ0n) is 13.7. The van der Waals surface area contributed by atoms with Crippen molar-refractivity contribution >= 4 is 11.8 Å². The smallest absolute Gasteiger partial charge is 0.0685 e. The normalized spacial score (nSPS) is 34.7. The second kappa shape index (κ2) is 7.70. The molecule has 21 heavy (non-hydrogen) atoms. The van der Waals surface area contributed by atoms with Gasteiger partial charge in [0.25, 0.3) is 0 Å². The van der Waals surface area contributed by atoms with Crippen LogP contribution in [0.5, 0.6) is 0 Å². The number of hydrogen-bond donors (Lipinski definition) is 1. The average Bonchev–Trinajstić information content (AvgIpc) is 2.54. The van der Waals surface area contributed by atoms with Gasteiger partial charge in [0.15, 0.2) is 0 Å². The summed E-state index contributed by atoms with van der Waals surface area (Å²) < 4.78 is 6.32. The molecular weight excluding hydrogens is 278 g/mol. The van der Waals surface area contributed by atoms with Crippen molar-refractivity contribution in [2.45, 2.75) is 88.0 Å². The van der Waals surface area contributed by atoms with Gasteiger partial charge in [-0.05, 0) is 56.7 Å². The highest BCUT2D eigenvalue weighted by Crippen LogP contribution is 2.43. The van der Waals surface area contributed by atoms with Crippen LogP contribution in [0.2, 0.25) is 0 Å². The predicted molar refractivity (Wildman–Crippen MR) is 92.1 cm³/mol. The van der Waals surface area contributed by atoms with Crippen LogP contribution in [0.15, 0.2) is 0 Å². The first-order chi connectivity index (χ1) is 10.3. The molecule has 2 saturated heterocycles. The van der Waals surface area contributed by atoms with Crippen molar-refractivity contribution < 1.29 is 4.74 Å². The lowest BCUT2D eigenvalue weighted by Crippen LogP contribution is -2.51. The van der Waals surface area contributed by atoms with E-state index in [-0.39, 0.29) is 5.60 Å². The molecule has 1 spiro atoms. The van der Waals surface area contributed by atoms with Gasteiger partial charge >= 0.3 is 0 Å². The van der Waals surface area contributed by atoms with E-state index in [1.807, 2.05) is 0 Å². The van der Waals surface area contributed by atoms with Gasteiger partial charge in [-0.15, -0.1) is 0 Å². The molecule has 0 bridgehead atoms. The molecule has 3 fully saturated rings. The van der Waals surface area contributed by atoms with E-state index in [9.17, 15) is 0 Å². The Morgan fingerprint density at radius 2 is 2.00 bits per heavy atom. The lowest BCUT2D eigenvalue weighted by atomic mass is 9.73. The van der Waals surface area contributed by atoms with Gasteiger partial charge in [-0.1, -0.05) is 32.6 Å². The monoisotopic (exact) mass is 311 g/mol. The lowest BCUT2D eigenvalue weighted by molar-refractivity contribution is -0.121. The Kier molecular flexibility index (Phi) is 5.92. The van der Waals surface area contributed by atoms with Gasteiger partial charge in [-0.3, -0.25) is 0 Å². The van der Waals surface area contributed by atoms with Crippen molar-refractivity contribution in [3.05, 3.63) is 0 Å². The highest BCUT2D eigenvalue weighted by Gasteiger charge is 2.42. The topological polar surface area (TPSA) is 21.3 Å². The van der Waals surface area contributed by atoms with E-state index in [0.29, 0.717) is 0 Å². The third-order valence-electron chi connectivity index (χ3n) is 5.86. The van der Waals surface area contributed by atoms with Crippen LogP contribution >= 0.6 is 11.8 Å². The Balaban J connectivity index is 1.66. The fourth-order valence-electron chi connectivity index (χ4n) is 4.80. The Morgan fingerprint density at radius 1 is 1.14 bits per heavy atom. The molecule has 3 unspecified atom stereocenters. The molecule has 2 heterocycles. The van der Waals surface area contributed by atoms with Crippen LogP contribution in [0.4, 0.5) is 0 Å². The molecule has 3 atom stereocenters. The average molecular weight is 312 g/mol. The first-order valence-electron chi connectivity index (χ1n) is 9.32. The summed E-state index contributed by atoms with van der Waals surface area (Å²) in [5.41, 5.74) is 0.258. The van der Waals surface area contributed by atoms with Gasteiger partial charge in [0.1, 0.15) is 0 Å². The van der Waals surface area contributed by atoms with E-state index >= 15 is 0 Å². The van der Waals surface area contributed by atoms with Crippen LogP contribution in [0.25, 0.3) is 0 Å². The summed E-state index contributed by atoms with van der Waals surface area (Å²) in [5.74, 6) is 2.22. The first-order valence-corrected chi connectivity index (χ1v) is 10.4. The van der Waals surface area contributed by atoms with Crippen LogP contribution in [0, 0.1) is 5.92 Å². The standard InChI is InChI=1S/C18H33NOS/c1-2-19-17(16-8-4-7-13-21-16)15-9-12-20-18(14-15)10-5-3-6-11-18/h15-17,19H,2-14H2,1H3. The summed E-state index contributed by atoms with van der Waals surface area (Å²) in [6.07, 6.45) is 13.7. The summed E-state index contributed by atoms with van der Waals surface area (Å²) in [6, 6.07) is 0.725. The largest absolute Gasteiger partial charge is 0.375 e. The third kappa shape index (κ3) is 3.97. The fourth-order valence-corrected chi connectivity index (χ4v) is 6.34. The molecule has 1 N–H and O–H groups in total. The van der Waals surface area contributed by atoms with Crippen molar-refractivity contribution in [2.24, 2.45) is 5.92 Å². The van der Waals surface area contributed by atoms with Gasteiger partial charge in [-0.2, -0.15) is 11.8 Å². The quantitative estimate of drug-likeness (QED) is 0.832. The molecule has 3 heteroatoms. The Labute approximate surface area is 135 Å². The number of thioether (sulfide) groups is 1. The zero-order valence-corrected chi connectivity index (χ0v) is 14.6. The lowest BCUT2D eigenvalue weighted by Gasteiger charge is -2.47. The number of ether oxygens (including phenoxy) is 1. The minimum atomic E-state index is 0.258. The highest BCUT2D eigenvalue weighted by molar-refractivity contribution is 8.00. The Morgan fingerprint density at radius 3 is 2.71 bits per heavy atom. The van der Waals surface area contributed by atoms with Crippen molar-refractivity contribution in [1.29, 1.82) is 0 Å². The summed E-state index contributed by atoms with van der Waals surface area (Å²) in [5, 5.41) is 4.72. The van der Waals surface area contributed by atoms with Crippen LogP contribution in [-0.2, 0) is 4.74 Å². The number of rotatable bonds is 4. The van der Waals surface area contributed by atoms with E-state index in [4.69, 9.17) is 4.74 Å². The van der Waals surface area contributed by atoms with Crippen LogP contribution in [-0.4, -0.2) is 35.8 Å². The maximum atomic E-state index is 6.32. The number of hydrogen-bond acceptors (Lipinski definition) is 3. The summed E-state index contributed by atoms with van der Waals surface area (Å²) in [4.78, 5) is 0. The maximum absolute atomic E-state index is 6.32. The molecule has 0 radical (unpaired) electrons. The molecule has 3 aliphatic rings. The third-order valence-corrected chi connectivity index (χ3v) is 7.34. The van der Waals surface area contributed by atoms with Crippen molar-refractivity contribution in [3.8, 4) is 0 Å². The van der Waals surface area contributed by atoms with Gasteiger partial charge < -0.3 is 10.1 Å². The Bertz CT molecular complexity index is 305. The molecule has 0 amide bonds. The van der Waals surface area contributed by atoms with E-state index in [1.165, 1.54) is 70.0 Å². The second-order valence-electron chi connectivity index (χ2n) is 7.33. The molecule has 3 rings (SSSR count). The van der Waals surface area contributed by atoms with Crippen LogP contribution in [0.1, 0.15) is 71.1 Å². The molecule has 2 aliphatic heterocycles. The van der Waals surface area contributed by atoms with E-state index in [1.54, 1.807) is 0 Å². The van der Waals surface area contributed by atoms with Crippen molar-refractivity contribution in [1.82, 2.24) is 5.32 Å². The SMILES string of the molecule is CCNC(C1CCOC2(CCCCC2)C1)C1CCCCS1. The van der Waals surface area contributed by atoms with Gasteiger partial charge in [0.05, 0.1) is 5.60 Å². The van der Waals surface area contributed by atoms with Gasteiger partial charge in [0.2, 0.25) is 0 Å². The van der Waals surface area contributed by atoms with E-state index in [2.05, 4.69) is 24.0 Å². The molecule has 0 aromatic rings. The van der Waals surface area contributed by atoms with Gasteiger partial charge in [-0.25, -0.2) is 0 Å². The van der Waals surface area contributed by atoms with Crippen LogP contribution in [0.3, 0.4) is 0 Å².